The summed E-state index contributed by atoms with van der Waals surface area (Å²) in [6, 6.07) is 13.9. The summed E-state index contributed by atoms with van der Waals surface area (Å²) in [6.45, 7) is 1.11. The number of hydrogen-bond acceptors (Lipinski definition) is 3. The highest BCUT2D eigenvalue weighted by Gasteiger charge is 2.20. The molecule has 1 aromatic heterocycles. The van der Waals surface area contributed by atoms with Crippen molar-refractivity contribution in [3.63, 3.8) is 0 Å². The highest BCUT2D eigenvalue weighted by Crippen LogP contribution is 2.23. The normalized spacial score (nSPS) is 14.3. The van der Waals surface area contributed by atoms with Gasteiger partial charge in [-0.05, 0) is 49.1 Å². The second kappa shape index (κ2) is 11.1. The van der Waals surface area contributed by atoms with E-state index in [0.29, 0.717) is 19.5 Å². The molecule has 1 aliphatic rings. The van der Waals surface area contributed by atoms with E-state index in [2.05, 4.69) is 10.6 Å². The summed E-state index contributed by atoms with van der Waals surface area (Å²) in [5, 5.41) is 5.98. The number of amides is 2. The highest BCUT2D eigenvalue weighted by molar-refractivity contribution is 5.81. The predicted molar refractivity (Wildman–Crippen MR) is 126 cm³/mol. The van der Waals surface area contributed by atoms with Gasteiger partial charge in [0.25, 0.3) is 0 Å². The molecule has 0 spiro atoms. The van der Waals surface area contributed by atoms with Crippen LogP contribution in [-0.2, 0) is 29.1 Å². The zero-order valence-electron chi connectivity index (χ0n) is 18.9. The highest BCUT2D eigenvalue weighted by atomic mass is 19.1. The van der Waals surface area contributed by atoms with Crippen LogP contribution in [0.25, 0.3) is 11.0 Å². The fourth-order valence-electron chi connectivity index (χ4n) is 4.46. The second-order valence-corrected chi connectivity index (χ2v) is 8.74. The lowest BCUT2D eigenvalue weighted by Crippen LogP contribution is -2.32. The van der Waals surface area contributed by atoms with Crippen LogP contribution in [0, 0.1) is 11.7 Å². The Morgan fingerprint density at radius 3 is 2.55 bits per heavy atom. The molecule has 0 unspecified atom stereocenters. The lowest BCUT2D eigenvalue weighted by Gasteiger charge is -2.20. The molecular weight excluding hydrogens is 419 g/mol. The van der Waals surface area contributed by atoms with Crippen molar-refractivity contribution in [3.05, 3.63) is 65.7 Å². The third-order valence-corrected chi connectivity index (χ3v) is 6.29. The minimum absolute atomic E-state index is 0.130. The van der Waals surface area contributed by atoms with Gasteiger partial charge in [0.2, 0.25) is 11.8 Å². The number of carbonyl (C=O) groups excluding carboxylic acids is 2. The van der Waals surface area contributed by atoms with Gasteiger partial charge in [-0.2, -0.15) is 0 Å². The molecule has 1 aliphatic carbocycles. The largest absolute Gasteiger partial charge is 0.356 e. The number of aryl methyl sites for hydroxylation is 1. The Balaban J connectivity index is 1.34. The third-order valence-electron chi connectivity index (χ3n) is 6.29. The van der Waals surface area contributed by atoms with Crippen LogP contribution in [0.1, 0.15) is 49.9 Å². The van der Waals surface area contributed by atoms with Crippen molar-refractivity contribution >= 4 is 22.8 Å². The Morgan fingerprint density at radius 2 is 1.76 bits per heavy atom. The summed E-state index contributed by atoms with van der Waals surface area (Å²) >= 11 is 0. The van der Waals surface area contributed by atoms with Crippen molar-refractivity contribution in [2.45, 2.75) is 58.0 Å². The van der Waals surface area contributed by atoms with E-state index < -0.39 is 0 Å². The molecule has 0 radical (unpaired) electrons. The maximum Gasteiger partial charge on any atom is 0.240 e. The first-order valence-electron chi connectivity index (χ1n) is 11.8. The first-order valence-corrected chi connectivity index (χ1v) is 11.8. The average Bonchev–Trinajstić information content (AvgIpc) is 3.19. The van der Waals surface area contributed by atoms with Gasteiger partial charge in [-0.15, -0.1) is 0 Å². The molecule has 2 aromatic carbocycles. The summed E-state index contributed by atoms with van der Waals surface area (Å²) in [7, 11) is 0. The van der Waals surface area contributed by atoms with Crippen molar-refractivity contribution < 1.29 is 14.0 Å². The maximum atomic E-state index is 13.1. The Labute approximate surface area is 193 Å². The fourth-order valence-corrected chi connectivity index (χ4v) is 4.46. The van der Waals surface area contributed by atoms with Crippen molar-refractivity contribution in [1.82, 2.24) is 20.2 Å². The second-order valence-electron chi connectivity index (χ2n) is 8.74. The quantitative estimate of drug-likeness (QED) is 0.482. The molecule has 2 amide bonds. The Hall–Kier alpha value is -3.22. The van der Waals surface area contributed by atoms with Crippen LogP contribution in [0.2, 0.25) is 0 Å². The van der Waals surface area contributed by atoms with Crippen LogP contribution in [0.5, 0.6) is 0 Å². The number of carbonyl (C=O) groups is 2. The van der Waals surface area contributed by atoms with E-state index in [1.165, 1.54) is 18.6 Å². The van der Waals surface area contributed by atoms with E-state index in [0.717, 1.165) is 54.5 Å². The van der Waals surface area contributed by atoms with Crippen molar-refractivity contribution in [2.24, 2.45) is 5.92 Å². The zero-order chi connectivity index (χ0) is 23.0. The number of hydrogen-bond donors (Lipinski definition) is 2. The standard InChI is InChI=1S/C26H31FN4O2/c27-21-14-12-19(13-15-21)17-29-25(32)18-31-23-10-5-4-9-22(23)30-24(31)11-6-16-28-26(33)20-7-2-1-3-8-20/h4-5,9-10,12-15,20H,1-3,6-8,11,16-18H2,(H,28,33)(H,29,32). The molecular formula is C26H31FN4O2. The minimum atomic E-state index is -0.297. The van der Waals surface area contributed by atoms with Crippen LogP contribution in [-0.4, -0.2) is 27.9 Å². The molecule has 3 aromatic rings. The van der Waals surface area contributed by atoms with Crippen molar-refractivity contribution in [3.8, 4) is 0 Å². The van der Waals surface area contributed by atoms with E-state index in [-0.39, 0.29) is 30.1 Å². The molecule has 7 heteroatoms. The van der Waals surface area contributed by atoms with Crippen LogP contribution in [0.4, 0.5) is 4.39 Å². The number of aromatic nitrogens is 2. The molecule has 1 saturated carbocycles. The van der Waals surface area contributed by atoms with Crippen LogP contribution < -0.4 is 10.6 Å². The number of halogens is 1. The maximum absolute atomic E-state index is 13.1. The van der Waals surface area contributed by atoms with Gasteiger partial charge in [0.15, 0.2) is 0 Å². The first kappa shape index (κ1) is 23.0. The molecule has 0 saturated heterocycles. The van der Waals surface area contributed by atoms with Gasteiger partial charge in [-0.1, -0.05) is 43.5 Å². The van der Waals surface area contributed by atoms with E-state index >= 15 is 0 Å². The first-order chi connectivity index (χ1) is 16.1. The lowest BCUT2D eigenvalue weighted by molar-refractivity contribution is -0.126. The Bertz CT molecular complexity index is 1090. The number of imidazole rings is 1. The number of nitrogens with zero attached hydrogens (tertiary/aromatic N) is 2. The Morgan fingerprint density at radius 1 is 1.00 bits per heavy atom. The van der Waals surface area contributed by atoms with E-state index in [4.69, 9.17) is 4.98 Å². The number of fused-ring (bicyclic) bond motifs is 1. The van der Waals surface area contributed by atoms with Gasteiger partial charge in [0.05, 0.1) is 11.0 Å². The molecule has 0 atom stereocenters. The molecule has 0 aliphatic heterocycles. The predicted octanol–water partition coefficient (Wildman–Crippen LogP) is 4.12. The van der Waals surface area contributed by atoms with Gasteiger partial charge in [-0.25, -0.2) is 9.37 Å². The molecule has 174 valence electrons. The number of nitrogens with one attached hydrogen (secondary N) is 2. The van der Waals surface area contributed by atoms with Crippen LogP contribution in [0.15, 0.2) is 48.5 Å². The third kappa shape index (κ3) is 6.18. The summed E-state index contributed by atoms with van der Waals surface area (Å²) in [5.74, 6) is 0.736. The zero-order valence-corrected chi connectivity index (χ0v) is 18.9. The minimum Gasteiger partial charge on any atom is -0.356 e. The fraction of sp³-hybridized carbons (Fsp3) is 0.423. The summed E-state index contributed by atoms with van der Waals surface area (Å²) in [5.41, 5.74) is 2.61. The smallest absolute Gasteiger partial charge is 0.240 e. The van der Waals surface area contributed by atoms with Crippen LogP contribution >= 0.6 is 0 Å². The molecule has 1 heterocycles. The van der Waals surface area contributed by atoms with Crippen LogP contribution in [0.3, 0.4) is 0 Å². The van der Waals surface area contributed by atoms with Crippen molar-refractivity contribution in [1.29, 1.82) is 0 Å². The van der Waals surface area contributed by atoms with Gasteiger partial charge in [0.1, 0.15) is 18.2 Å². The van der Waals surface area contributed by atoms with Crippen molar-refractivity contribution in [2.75, 3.05) is 6.54 Å². The molecule has 6 nitrogen and oxygen atoms in total. The summed E-state index contributed by atoms with van der Waals surface area (Å²) < 4.78 is 15.0. The molecule has 1 fully saturated rings. The van der Waals surface area contributed by atoms with E-state index in [1.807, 2.05) is 28.8 Å². The molecule has 0 bridgehead atoms. The number of para-hydroxylation sites is 2. The summed E-state index contributed by atoms with van der Waals surface area (Å²) in [6.07, 6.45) is 6.95. The SMILES string of the molecule is O=C(Cn1c(CCCNC(=O)C2CCCCC2)nc2ccccc21)NCc1ccc(F)cc1. The van der Waals surface area contributed by atoms with E-state index in [1.54, 1.807) is 12.1 Å². The van der Waals surface area contributed by atoms with Gasteiger partial charge in [0, 0.05) is 25.4 Å². The van der Waals surface area contributed by atoms with Gasteiger partial charge >= 0.3 is 0 Å². The topological polar surface area (TPSA) is 76.0 Å². The van der Waals surface area contributed by atoms with E-state index in [9.17, 15) is 14.0 Å². The van der Waals surface area contributed by atoms with Gasteiger partial charge < -0.3 is 15.2 Å². The molecule has 2 N–H and O–H groups in total. The molecule has 33 heavy (non-hydrogen) atoms. The average molecular weight is 451 g/mol. The monoisotopic (exact) mass is 450 g/mol. The van der Waals surface area contributed by atoms with Gasteiger partial charge in [-0.3, -0.25) is 9.59 Å². The summed E-state index contributed by atoms with van der Waals surface area (Å²) in [4.78, 5) is 29.7. The number of rotatable bonds is 9. The Kier molecular flexibility index (Phi) is 7.70. The number of benzene rings is 2. The molecule has 4 rings (SSSR count). The lowest BCUT2D eigenvalue weighted by atomic mass is 9.89.